The first-order chi connectivity index (χ1) is 7.69. The van der Waals surface area contributed by atoms with E-state index < -0.39 is 0 Å². The number of hydrogen-bond donors (Lipinski definition) is 1. The van der Waals surface area contributed by atoms with Crippen LogP contribution in [0.3, 0.4) is 0 Å². The van der Waals surface area contributed by atoms with Crippen molar-refractivity contribution in [3.05, 3.63) is 33.8 Å². The van der Waals surface area contributed by atoms with Crippen LogP contribution in [0.25, 0.3) is 0 Å². The summed E-state index contributed by atoms with van der Waals surface area (Å²) < 4.78 is 0. The molecular weight excluding hydrogens is 241 g/mol. The molecule has 1 aromatic rings. The molecule has 0 saturated carbocycles. The molecule has 0 fully saturated rings. The third-order valence-corrected chi connectivity index (χ3v) is 3.40. The third kappa shape index (κ3) is 3.97. The van der Waals surface area contributed by atoms with Gasteiger partial charge in [-0.2, -0.15) is 0 Å². The molecule has 1 atom stereocenters. The molecule has 0 aromatic heterocycles. The highest BCUT2D eigenvalue weighted by molar-refractivity contribution is 6.35. The van der Waals surface area contributed by atoms with Crippen molar-refractivity contribution >= 4 is 23.2 Å². The molecule has 0 radical (unpaired) electrons. The van der Waals surface area contributed by atoms with E-state index in [4.69, 9.17) is 23.2 Å². The molecule has 0 heterocycles. The molecule has 0 spiro atoms. The van der Waals surface area contributed by atoms with Crippen LogP contribution in [-0.4, -0.2) is 12.6 Å². The van der Waals surface area contributed by atoms with Crippen molar-refractivity contribution in [1.29, 1.82) is 0 Å². The Morgan fingerprint density at radius 3 is 2.31 bits per heavy atom. The van der Waals surface area contributed by atoms with E-state index in [9.17, 15) is 0 Å². The normalized spacial score (nSPS) is 12.8. The average molecular weight is 260 g/mol. The molecule has 0 aliphatic rings. The van der Waals surface area contributed by atoms with Gasteiger partial charge in [-0.25, -0.2) is 0 Å². The Morgan fingerprint density at radius 1 is 1.19 bits per heavy atom. The predicted molar refractivity (Wildman–Crippen MR) is 72.5 cm³/mol. The summed E-state index contributed by atoms with van der Waals surface area (Å²) in [5, 5.41) is 5.04. The van der Waals surface area contributed by atoms with E-state index in [1.165, 1.54) is 0 Å². The smallest absolute Gasteiger partial charge is 0.0453 e. The van der Waals surface area contributed by atoms with Crippen LogP contribution in [0.5, 0.6) is 0 Å². The number of halogens is 2. The minimum absolute atomic E-state index is 0.456. The Morgan fingerprint density at radius 2 is 1.81 bits per heavy atom. The molecular formula is C13H19Cl2N. The lowest BCUT2D eigenvalue weighted by Crippen LogP contribution is -2.31. The van der Waals surface area contributed by atoms with Crippen molar-refractivity contribution < 1.29 is 0 Å². The van der Waals surface area contributed by atoms with Crippen molar-refractivity contribution in [2.45, 2.75) is 39.2 Å². The zero-order chi connectivity index (χ0) is 12.0. The molecule has 1 aromatic carbocycles. The first kappa shape index (κ1) is 13.8. The molecule has 1 rings (SSSR count). The minimum atomic E-state index is 0.456. The second kappa shape index (κ2) is 7.16. The molecule has 0 amide bonds. The molecule has 90 valence electrons. The summed E-state index contributed by atoms with van der Waals surface area (Å²) in [7, 11) is 0. The summed E-state index contributed by atoms with van der Waals surface area (Å²) in [6, 6.07) is 6.14. The largest absolute Gasteiger partial charge is 0.314 e. The van der Waals surface area contributed by atoms with Crippen LogP contribution in [0.15, 0.2) is 18.2 Å². The summed E-state index contributed by atoms with van der Waals surface area (Å²) in [6.45, 7) is 5.39. The van der Waals surface area contributed by atoms with E-state index in [1.54, 1.807) is 0 Å². The van der Waals surface area contributed by atoms with Crippen molar-refractivity contribution in [2.24, 2.45) is 0 Å². The van der Waals surface area contributed by atoms with Gasteiger partial charge in [-0.3, -0.25) is 0 Å². The van der Waals surface area contributed by atoms with Crippen molar-refractivity contribution in [3.8, 4) is 0 Å². The summed E-state index contributed by atoms with van der Waals surface area (Å²) in [6.07, 6.45) is 3.13. The maximum Gasteiger partial charge on any atom is 0.0453 e. The van der Waals surface area contributed by atoms with Crippen molar-refractivity contribution in [2.75, 3.05) is 6.54 Å². The van der Waals surface area contributed by atoms with Crippen LogP contribution in [0.4, 0.5) is 0 Å². The van der Waals surface area contributed by atoms with E-state index >= 15 is 0 Å². The van der Waals surface area contributed by atoms with Crippen LogP contribution in [-0.2, 0) is 6.42 Å². The topological polar surface area (TPSA) is 12.0 Å². The lowest BCUT2D eigenvalue weighted by molar-refractivity contribution is 0.495. The zero-order valence-corrected chi connectivity index (χ0v) is 11.4. The molecule has 0 saturated heterocycles. The molecule has 0 aliphatic carbocycles. The van der Waals surface area contributed by atoms with E-state index in [0.717, 1.165) is 41.4 Å². The van der Waals surface area contributed by atoms with Gasteiger partial charge in [-0.15, -0.1) is 0 Å². The summed E-state index contributed by atoms with van der Waals surface area (Å²) >= 11 is 12.3. The maximum atomic E-state index is 6.15. The van der Waals surface area contributed by atoms with E-state index in [1.807, 2.05) is 18.2 Å². The molecule has 16 heavy (non-hydrogen) atoms. The van der Waals surface area contributed by atoms with Crippen LogP contribution in [0.1, 0.15) is 32.3 Å². The Kier molecular flexibility index (Phi) is 6.18. The predicted octanol–water partition coefficient (Wildman–Crippen LogP) is 4.31. The Balaban J connectivity index is 2.69. The molecule has 1 nitrogen and oxygen atoms in total. The monoisotopic (exact) mass is 259 g/mol. The van der Waals surface area contributed by atoms with Gasteiger partial charge in [-0.1, -0.05) is 43.1 Å². The minimum Gasteiger partial charge on any atom is -0.314 e. The first-order valence-electron chi connectivity index (χ1n) is 5.85. The van der Waals surface area contributed by atoms with Gasteiger partial charge in [0, 0.05) is 16.1 Å². The van der Waals surface area contributed by atoms with Crippen molar-refractivity contribution in [1.82, 2.24) is 5.32 Å². The van der Waals surface area contributed by atoms with Crippen LogP contribution >= 0.6 is 23.2 Å². The van der Waals surface area contributed by atoms with Gasteiger partial charge in [0.2, 0.25) is 0 Å². The molecule has 1 N–H and O–H groups in total. The summed E-state index contributed by atoms with van der Waals surface area (Å²) in [5.41, 5.74) is 1.06. The van der Waals surface area contributed by atoms with Gasteiger partial charge < -0.3 is 5.32 Å². The highest BCUT2D eigenvalue weighted by Crippen LogP contribution is 2.25. The van der Waals surface area contributed by atoms with Gasteiger partial charge in [0.05, 0.1) is 0 Å². The molecule has 0 bridgehead atoms. The highest BCUT2D eigenvalue weighted by atomic mass is 35.5. The number of rotatable bonds is 6. The summed E-state index contributed by atoms with van der Waals surface area (Å²) in [4.78, 5) is 0. The second-order valence-electron chi connectivity index (χ2n) is 3.96. The fraction of sp³-hybridized carbons (Fsp3) is 0.538. The van der Waals surface area contributed by atoms with E-state index in [2.05, 4.69) is 19.2 Å². The quantitative estimate of drug-likeness (QED) is 0.803. The Labute approximate surface area is 108 Å². The Hall–Kier alpha value is -0.240. The standard InChI is InChI=1S/C13H19Cl2N/c1-3-8-16-10(4-2)9-11-12(14)6-5-7-13(11)15/h5-7,10,16H,3-4,8-9H2,1-2H3. The third-order valence-electron chi connectivity index (χ3n) is 2.69. The average Bonchev–Trinajstić information content (AvgIpc) is 2.28. The van der Waals surface area contributed by atoms with Gasteiger partial charge in [0.15, 0.2) is 0 Å². The van der Waals surface area contributed by atoms with Gasteiger partial charge in [-0.05, 0) is 43.5 Å². The van der Waals surface area contributed by atoms with Gasteiger partial charge in [0.25, 0.3) is 0 Å². The molecule has 0 aliphatic heterocycles. The van der Waals surface area contributed by atoms with E-state index in [-0.39, 0.29) is 0 Å². The van der Waals surface area contributed by atoms with Gasteiger partial charge in [0.1, 0.15) is 0 Å². The highest BCUT2D eigenvalue weighted by Gasteiger charge is 2.11. The van der Waals surface area contributed by atoms with Crippen molar-refractivity contribution in [3.63, 3.8) is 0 Å². The van der Waals surface area contributed by atoms with E-state index in [0.29, 0.717) is 6.04 Å². The van der Waals surface area contributed by atoms with Gasteiger partial charge >= 0.3 is 0 Å². The molecule has 1 unspecified atom stereocenters. The van der Waals surface area contributed by atoms with Crippen LogP contribution in [0.2, 0.25) is 10.0 Å². The summed E-state index contributed by atoms with van der Waals surface area (Å²) in [5.74, 6) is 0. The second-order valence-corrected chi connectivity index (χ2v) is 4.78. The zero-order valence-electron chi connectivity index (χ0n) is 9.89. The fourth-order valence-corrected chi connectivity index (χ4v) is 2.23. The Bertz CT molecular complexity index is 305. The maximum absolute atomic E-state index is 6.15. The number of benzene rings is 1. The first-order valence-corrected chi connectivity index (χ1v) is 6.60. The number of nitrogens with one attached hydrogen (secondary N) is 1. The molecule has 3 heteroatoms. The fourth-order valence-electron chi connectivity index (χ4n) is 1.68. The van der Waals surface area contributed by atoms with Crippen LogP contribution < -0.4 is 5.32 Å². The lowest BCUT2D eigenvalue weighted by Gasteiger charge is -2.18. The van der Waals surface area contributed by atoms with Crippen LogP contribution in [0, 0.1) is 0 Å². The SMILES string of the molecule is CCCNC(CC)Cc1c(Cl)cccc1Cl. The number of hydrogen-bond acceptors (Lipinski definition) is 1. The lowest BCUT2D eigenvalue weighted by atomic mass is 10.0.